The third-order valence-corrected chi connectivity index (χ3v) is 6.99. The number of amides is 3. The van der Waals surface area contributed by atoms with Gasteiger partial charge < -0.3 is 15.4 Å². The quantitative estimate of drug-likeness (QED) is 0.389. The lowest BCUT2D eigenvalue weighted by Crippen LogP contribution is -2.53. The van der Waals surface area contributed by atoms with Gasteiger partial charge in [-0.1, -0.05) is 23.7 Å². The number of halogens is 2. The van der Waals surface area contributed by atoms with Crippen molar-refractivity contribution in [3.8, 4) is 5.75 Å². The molecule has 2 aliphatic heterocycles. The van der Waals surface area contributed by atoms with Gasteiger partial charge in [-0.3, -0.25) is 14.6 Å². The van der Waals surface area contributed by atoms with E-state index in [1.807, 2.05) is 7.05 Å². The van der Waals surface area contributed by atoms with Crippen LogP contribution in [0, 0.1) is 5.82 Å². The summed E-state index contributed by atoms with van der Waals surface area (Å²) in [4.78, 5) is 33.4. The number of H-pyrrole nitrogens is 1. The number of phenols is 1. The maximum Gasteiger partial charge on any atom is 0.328 e. The van der Waals surface area contributed by atoms with Crippen LogP contribution in [-0.4, -0.2) is 57.5 Å². The molecule has 33 heavy (non-hydrogen) atoms. The molecule has 1 saturated heterocycles. The van der Waals surface area contributed by atoms with Crippen LogP contribution in [0.4, 0.5) is 9.18 Å². The SMILES string of the molecule is CNCCCN1C(=O)N2[C@H](c3cccc(O)c3)c3[nH]c4cc(F)c(Cl)cc4c3C[C@@]2(C)C1=O. The Morgan fingerprint density at radius 1 is 1.30 bits per heavy atom. The van der Waals surface area contributed by atoms with Crippen molar-refractivity contribution < 1.29 is 19.1 Å². The van der Waals surface area contributed by atoms with Crippen LogP contribution >= 0.6 is 11.6 Å². The standard InChI is InChI=1S/C24H24ClFN4O3/c1-24-12-16-15-10-17(25)18(26)11-19(15)28-20(16)21(13-5-3-6-14(31)9-13)30(24)23(33)29(22(24)32)8-4-7-27-2/h3,5-6,9-11,21,27-28,31H,4,7-8,12H2,1-2H3/t21-,24+/m1/s1. The second kappa shape index (κ2) is 7.74. The summed E-state index contributed by atoms with van der Waals surface area (Å²) in [6.45, 7) is 2.76. The predicted molar refractivity (Wildman–Crippen MR) is 123 cm³/mol. The molecule has 2 aromatic carbocycles. The molecule has 3 aromatic rings. The largest absolute Gasteiger partial charge is 0.508 e. The third kappa shape index (κ3) is 3.20. The molecule has 5 rings (SSSR count). The monoisotopic (exact) mass is 470 g/mol. The molecule has 1 aromatic heterocycles. The summed E-state index contributed by atoms with van der Waals surface area (Å²) < 4.78 is 14.2. The maximum atomic E-state index is 14.2. The number of aromatic hydroxyl groups is 1. The highest BCUT2D eigenvalue weighted by molar-refractivity contribution is 6.31. The van der Waals surface area contributed by atoms with Gasteiger partial charge in [0.15, 0.2) is 0 Å². The van der Waals surface area contributed by atoms with Crippen molar-refractivity contribution in [1.29, 1.82) is 0 Å². The fourth-order valence-electron chi connectivity index (χ4n) is 5.16. The molecular formula is C24H24ClFN4O3. The first-order valence-corrected chi connectivity index (χ1v) is 11.2. The highest BCUT2D eigenvalue weighted by Crippen LogP contribution is 2.49. The lowest BCUT2D eigenvalue weighted by Gasteiger charge is -2.42. The third-order valence-electron chi connectivity index (χ3n) is 6.70. The van der Waals surface area contributed by atoms with E-state index in [1.165, 1.54) is 11.0 Å². The fourth-order valence-corrected chi connectivity index (χ4v) is 5.33. The number of aromatic amines is 1. The Bertz CT molecular complexity index is 1290. The Kier molecular flexibility index (Phi) is 5.10. The Morgan fingerprint density at radius 2 is 2.09 bits per heavy atom. The number of benzene rings is 2. The molecule has 0 saturated carbocycles. The van der Waals surface area contributed by atoms with E-state index in [9.17, 15) is 19.1 Å². The number of hydrogen-bond donors (Lipinski definition) is 3. The van der Waals surface area contributed by atoms with Gasteiger partial charge in [-0.2, -0.15) is 0 Å². The average molecular weight is 471 g/mol. The van der Waals surface area contributed by atoms with E-state index in [4.69, 9.17) is 11.6 Å². The Labute approximate surface area is 195 Å². The molecule has 1 fully saturated rings. The van der Waals surface area contributed by atoms with Gasteiger partial charge in [0.2, 0.25) is 0 Å². The topological polar surface area (TPSA) is 88.7 Å². The van der Waals surface area contributed by atoms with E-state index in [2.05, 4.69) is 10.3 Å². The molecule has 0 radical (unpaired) electrons. The van der Waals surface area contributed by atoms with Crippen molar-refractivity contribution in [3.63, 3.8) is 0 Å². The van der Waals surface area contributed by atoms with Crippen LogP contribution in [0.25, 0.3) is 10.9 Å². The van der Waals surface area contributed by atoms with Gasteiger partial charge in [0, 0.05) is 29.6 Å². The van der Waals surface area contributed by atoms with Gasteiger partial charge >= 0.3 is 6.03 Å². The van der Waals surface area contributed by atoms with Crippen molar-refractivity contribution in [1.82, 2.24) is 20.1 Å². The molecular weight excluding hydrogens is 447 g/mol. The Morgan fingerprint density at radius 3 is 2.82 bits per heavy atom. The van der Waals surface area contributed by atoms with E-state index in [-0.39, 0.29) is 29.1 Å². The number of carbonyl (C=O) groups is 2. The van der Waals surface area contributed by atoms with E-state index in [0.717, 1.165) is 10.9 Å². The summed E-state index contributed by atoms with van der Waals surface area (Å²) in [5.74, 6) is -0.761. The van der Waals surface area contributed by atoms with E-state index in [0.29, 0.717) is 36.3 Å². The smallest absolute Gasteiger partial charge is 0.328 e. The van der Waals surface area contributed by atoms with E-state index < -0.39 is 17.4 Å². The van der Waals surface area contributed by atoms with Crippen molar-refractivity contribution >= 4 is 34.4 Å². The molecule has 2 aliphatic rings. The van der Waals surface area contributed by atoms with Crippen LogP contribution in [-0.2, 0) is 11.2 Å². The number of imide groups is 1. The van der Waals surface area contributed by atoms with Crippen molar-refractivity contribution in [3.05, 3.63) is 64.1 Å². The van der Waals surface area contributed by atoms with Crippen LogP contribution in [0.1, 0.15) is 36.2 Å². The summed E-state index contributed by atoms with van der Waals surface area (Å²) in [6.07, 6.45) is 0.907. The summed E-state index contributed by atoms with van der Waals surface area (Å²) in [5.41, 5.74) is 1.57. The van der Waals surface area contributed by atoms with Crippen LogP contribution in [0.2, 0.25) is 5.02 Å². The highest BCUT2D eigenvalue weighted by atomic mass is 35.5. The predicted octanol–water partition coefficient (Wildman–Crippen LogP) is 3.94. The lowest BCUT2D eigenvalue weighted by atomic mass is 9.81. The number of rotatable bonds is 5. The zero-order valence-electron chi connectivity index (χ0n) is 18.3. The Balaban J connectivity index is 1.71. The molecule has 172 valence electrons. The minimum Gasteiger partial charge on any atom is -0.508 e. The number of fused-ring (bicyclic) bond motifs is 4. The van der Waals surface area contributed by atoms with E-state index >= 15 is 0 Å². The number of phenolic OH excluding ortho intramolecular Hbond substituents is 1. The van der Waals surface area contributed by atoms with Gasteiger partial charge in [0.25, 0.3) is 5.91 Å². The molecule has 3 heterocycles. The summed E-state index contributed by atoms with van der Waals surface area (Å²) in [5, 5.41) is 13.9. The minimum absolute atomic E-state index is 0.00620. The van der Waals surface area contributed by atoms with Gasteiger partial charge in [0.05, 0.1) is 5.02 Å². The molecule has 9 heteroatoms. The van der Waals surface area contributed by atoms with Gasteiger partial charge in [0.1, 0.15) is 23.1 Å². The minimum atomic E-state index is -1.13. The second-order valence-corrected chi connectivity index (χ2v) is 9.25. The fraction of sp³-hybridized carbons (Fsp3) is 0.333. The first kappa shape index (κ1) is 21.7. The lowest BCUT2D eigenvalue weighted by molar-refractivity contribution is -0.133. The average Bonchev–Trinajstić information content (AvgIpc) is 3.20. The molecule has 3 N–H and O–H groups in total. The summed E-state index contributed by atoms with van der Waals surface area (Å²) in [6, 6.07) is 8.49. The van der Waals surface area contributed by atoms with Crippen LogP contribution in [0.15, 0.2) is 36.4 Å². The first-order valence-electron chi connectivity index (χ1n) is 10.8. The van der Waals surface area contributed by atoms with Crippen LogP contribution in [0.3, 0.4) is 0 Å². The van der Waals surface area contributed by atoms with Gasteiger partial charge in [-0.15, -0.1) is 0 Å². The number of aromatic nitrogens is 1. The van der Waals surface area contributed by atoms with Crippen LogP contribution < -0.4 is 5.32 Å². The first-order chi connectivity index (χ1) is 15.8. The molecule has 0 bridgehead atoms. The number of nitrogens with one attached hydrogen (secondary N) is 2. The van der Waals surface area contributed by atoms with Crippen LogP contribution in [0.5, 0.6) is 5.75 Å². The molecule has 0 unspecified atom stereocenters. The zero-order valence-corrected chi connectivity index (χ0v) is 19.0. The number of carbonyl (C=O) groups excluding carboxylic acids is 2. The molecule has 0 spiro atoms. The Hall–Kier alpha value is -3.10. The zero-order chi connectivity index (χ0) is 23.5. The molecule has 2 atom stereocenters. The highest BCUT2D eigenvalue weighted by Gasteiger charge is 2.60. The summed E-state index contributed by atoms with van der Waals surface area (Å²) in [7, 11) is 1.82. The molecule has 7 nitrogen and oxygen atoms in total. The number of hydrogen-bond acceptors (Lipinski definition) is 4. The van der Waals surface area contributed by atoms with Crippen molar-refractivity contribution in [2.24, 2.45) is 0 Å². The molecule has 3 amide bonds. The van der Waals surface area contributed by atoms with Crippen molar-refractivity contribution in [2.45, 2.75) is 31.3 Å². The number of nitrogens with zero attached hydrogens (tertiary/aromatic N) is 2. The van der Waals surface area contributed by atoms with Crippen molar-refractivity contribution in [2.75, 3.05) is 20.1 Å². The maximum absolute atomic E-state index is 14.2. The normalized spacial score (nSPS) is 22.2. The van der Waals surface area contributed by atoms with Gasteiger partial charge in [-0.05, 0) is 62.3 Å². The number of urea groups is 1. The van der Waals surface area contributed by atoms with Gasteiger partial charge in [-0.25, -0.2) is 9.18 Å². The second-order valence-electron chi connectivity index (χ2n) is 8.84. The summed E-state index contributed by atoms with van der Waals surface area (Å²) >= 11 is 6.09. The van der Waals surface area contributed by atoms with E-state index in [1.54, 1.807) is 42.2 Å². The molecule has 0 aliphatic carbocycles.